The molecule has 0 aromatic heterocycles. The molecule has 0 saturated heterocycles. The van der Waals surface area contributed by atoms with Crippen molar-refractivity contribution in [2.75, 3.05) is 7.11 Å². The Hall–Kier alpha value is -1.10. The van der Waals surface area contributed by atoms with E-state index in [4.69, 9.17) is 15.3 Å². The van der Waals surface area contributed by atoms with Crippen molar-refractivity contribution >= 4 is 0 Å². The van der Waals surface area contributed by atoms with E-state index in [0.29, 0.717) is 5.92 Å². The molecule has 2 unspecified atom stereocenters. The maximum Gasteiger partial charge on any atom is 0.119 e. The number of nitrogens with one attached hydrogen (secondary N) is 1. The summed E-state index contributed by atoms with van der Waals surface area (Å²) in [4.78, 5) is 0. The first-order valence-corrected chi connectivity index (χ1v) is 6.91. The Morgan fingerprint density at radius 2 is 1.84 bits per heavy atom. The average Bonchev–Trinajstić information content (AvgIpc) is 3.20. The highest BCUT2D eigenvalue weighted by Gasteiger charge is 2.37. The van der Waals surface area contributed by atoms with E-state index in [9.17, 15) is 0 Å². The van der Waals surface area contributed by atoms with Crippen LogP contribution in [0.25, 0.3) is 0 Å². The number of nitrogens with two attached hydrogens (primary N) is 1. The number of hydrogen-bond acceptors (Lipinski definition) is 4. The molecular formula is C15H24N2O2. The molecule has 0 heterocycles. The molecular weight excluding hydrogens is 240 g/mol. The van der Waals surface area contributed by atoms with Crippen LogP contribution in [0.2, 0.25) is 0 Å². The lowest BCUT2D eigenvalue weighted by atomic mass is 9.98. The topological polar surface area (TPSA) is 56.5 Å². The van der Waals surface area contributed by atoms with Crippen molar-refractivity contribution in [2.45, 2.75) is 44.9 Å². The van der Waals surface area contributed by atoms with E-state index in [1.807, 2.05) is 26.0 Å². The molecule has 3 N–H and O–H groups in total. The zero-order valence-corrected chi connectivity index (χ0v) is 11.9. The van der Waals surface area contributed by atoms with Gasteiger partial charge in [0.1, 0.15) is 5.75 Å². The predicted octanol–water partition coefficient (Wildman–Crippen LogP) is 2.40. The van der Waals surface area contributed by atoms with Gasteiger partial charge >= 0.3 is 0 Å². The highest BCUT2D eigenvalue weighted by molar-refractivity contribution is 5.30. The number of rotatable bonds is 7. The first-order valence-electron chi connectivity index (χ1n) is 6.91. The van der Waals surface area contributed by atoms with E-state index >= 15 is 0 Å². The smallest absolute Gasteiger partial charge is 0.119 e. The number of benzene rings is 1. The van der Waals surface area contributed by atoms with Crippen LogP contribution in [0, 0.1) is 5.92 Å². The molecule has 2 rings (SSSR count). The third-order valence-electron chi connectivity index (χ3n) is 3.48. The molecule has 0 radical (unpaired) electrons. The summed E-state index contributed by atoms with van der Waals surface area (Å²) in [5.41, 5.74) is 4.02. The van der Waals surface area contributed by atoms with E-state index in [-0.39, 0.29) is 18.2 Å². The van der Waals surface area contributed by atoms with Gasteiger partial charge in [0.15, 0.2) is 0 Å². The quantitative estimate of drug-likeness (QED) is 0.586. The van der Waals surface area contributed by atoms with Gasteiger partial charge in [0.05, 0.1) is 18.2 Å². The zero-order valence-electron chi connectivity index (χ0n) is 11.9. The highest BCUT2D eigenvalue weighted by atomic mass is 16.5. The Morgan fingerprint density at radius 3 is 2.26 bits per heavy atom. The Balaban J connectivity index is 2.09. The van der Waals surface area contributed by atoms with E-state index in [1.165, 1.54) is 12.8 Å². The van der Waals surface area contributed by atoms with Gasteiger partial charge in [0.2, 0.25) is 0 Å². The monoisotopic (exact) mass is 264 g/mol. The van der Waals surface area contributed by atoms with Gasteiger partial charge in [-0.15, -0.1) is 0 Å². The van der Waals surface area contributed by atoms with Crippen molar-refractivity contribution < 1.29 is 9.47 Å². The van der Waals surface area contributed by atoms with Gasteiger partial charge in [-0.2, -0.15) is 0 Å². The lowest BCUT2D eigenvalue weighted by Crippen LogP contribution is -2.38. The number of methoxy groups -OCH3 is 1. The molecule has 0 aliphatic heterocycles. The molecule has 4 nitrogen and oxygen atoms in total. The summed E-state index contributed by atoms with van der Waals surface area (Å²) in [5, 5.41) is 0. The van der Waals surface area contributed by atoms with Crippen LogP contribution in [0.3, 0.4) is 0 Å². The van der Waals surface area contributed by atoms with Crippen molar-refractivity contribution in [1.82, 2.24) is 5.43 Å². The number of hydrazine groups is 1. The van der Waals surface area contributed by atoms with Crippen molar-refractivity contribution in [3.05, 3.63) is 29.8 Å². The maximum atomic E-state index is 5.70. The first-order chi connectivity index (χ1) is 9.15. The van der Waals surface area contributed by atoms with Gasteiger partial charge in [0, 0.05) is 7.11 Å². The molecule has 4 heteroatoms. The SMILES string of the molecule is COC(C1CC1)C(NN)c1ccc(OC(C)C)cc1. The van der Waals surface area contributed by atoms with Gasteiger partial charge in [-0.3, -0.25) is 11.3 Å². The van der Waals surface area contributed by atoms with E-state index in [1.54, 1.807) is 7.11 Å². The zero-order chi connectivity index (χ0) is 13.8. The minimum atomic E-state index is 0.0330. The van der Waals surface area contributed by atoms with Gasteiger partial charge in [-0.1, -0.05) is 12.1 Å². The molecule has 0 amide bonds. The molecule has 1 aliphatic carbocycles. The highest BCUT2D eigenvalue weighted by Crippen LogP contribution is 2.39. The van der Waals surface area contributed by atoms with Crippen molar-refractivity contribution in [3.63, 3.8) is 0 Å². The molecule has 1 aromatic rings. The van der Waals surface area contributed by atoms with Gasteiger partial charge in [-0.25, -0.2) is 0 Å². The Morgan fingerprint density at radius 1 is 1.21 bits per heavy atom. The molecule has 0 spiro atoms. The molecule has 0 bridgehead atoms. The van der Waals surface area contributed by atoms with Crippen LogP contribution < -0.4 is 16.0 Å². The van der Waals surface area contributed by atoms with Crippen LogP contribution in [0.15, 0.2) is 24.3 Å². The summed E-state index contributed by atoms with van der Waals surface area (Å²) >= 11 is 0. The minimum absolute atomic E-state index is 0.0330. The number of ether oxygens (including phenoxy) is 2. The van der Waals surface area contributed by atoms with Crippen LogP contribution in [-0.2, 0) is 4.74 Å². The molecule has 1 saturated carbocycles. The summed E-state index contributed by atoms with van der Waals surface area (Å²) in [6.07, 6.45) is 2.78. The van der Waals surface area contributed by atoms with E-state index in [0.717, 1.165) is 11.3 Å². The molecule has 1 fully saturated rings. The Kier molecular flexibility index (Phi) is 4.80. The maximum absolute atomic E-state index is 5.70. The van der Waals surface area contributed by atoms with Crippen molar-refractivity contribution in [1.29, 1.82) is 0 Å². The molecule has 1 aliphatic rings. The first kappa shape index (κ1) is 14.3. The fraction of sp³-hybridized carbons (Fsp3) is 0.600. The predicted molar refractivity (Wildman–Crippen MR) is 75.8 cm³/mol. The van der Waals surface area contributed by atoms with Crippen LogP contribution >= 0.6 is 0 Å². The van der Waals surface area contributed by atoms with Crippen LogP contribution in [0.4, 0.5) is 0 Å². The average molecular weight is 264 g/mol. The van der Waals surface area contributed by atoms with E-state index in [2.05, 4.69) is 17.6 Å². The fourth-order valence-corrected chi connectivity index (χ4v) is 2.43. The summed E-state index contributed by atoms with van der Waals surface area (Å²) < 4.78 is 11.2. The van der Waals surface area contributed by atoms with Crippen LogP contribution in [0.1, 0.15) is 38.3 Å². The Labute approximate surface area is 115 Å². The summed E-state index contributed by atoms with van der Waals surface area (Å²) in [6, 6.07) is 8.11. The van der Waals surface area contributed by atoms with Gasteiger partial charge < -0.3 is 9.47 Å². The lowest BCUT2D eigenvalue weighted by Gasteiger charge is -2.26. The molecule has 106 valence electrons. The second-order valence-electron chi connectivity index (χ2n) is 5.42. The second-order valence-corrected chi connectivity index (χ2v) is 5.42. The summed E-state index contributed by atoms with van der Waals surface area (Å²) in [5.74, 6) is 7.21. The van der Waals surface area contributed by atoms with Gasteiger partial charge in [-0.05, 0) is 50.3 Å². The minimum Gasteiger partial charge on any atom is -0.491 e. The fourth-order valence-electron chi connectivity index (χ4n) is 2.43. The van der Waals surface area contributed by atoms with Crippen LogP contribution in [0.5, 0.6) is 5.75 Å². The largest absolute Gasteiger partial charge is 0.491 e. The molecule has 19 heavy (non-hydrogen) atoms. The normalized spacial score (nSPS) is 18.4. The van der Waals surface area contributed by atoms with Crippen LogP contribution in [-0.4, -0.2) is 19.3 Å². The Bertz CT molecular complexity index is 388. The summed E-state index contributed by atoms with van der Waals surface area (Å²) in [7, 11) is 1.75. The summed E-state index contributed by atoms with van der Waals surface area (Å²) in [6.45, 7) is 4.04. The molecule has 1 aromatic carbocycles. The number of hydrogen-bond donors (Lipinski definition) is 2. The van der Waals surface area contributed by atoms with E-state index < -0.39 is 0 Å². The lowest BCUT2D eigenvalue weighted by molar-refractivity contribution is 0.0506. The molecule has 2 atom stereocenters. The van der Waals surface area contributed by atoms with Gasteiger partial charge in [0.25, 0.3) is 0 Å². The standard InChI is InChI=1S/C15H24N2O2/c1-10(2)19-13-8-6-11(7-9-13)14(17-16)15(18-3)12-4-5-12/h6-10,12,14-15,17H,4-5,16H2,1-3H3. The van der Waals surface area contributed by atoms with Crippen molar-refractivity contribution in [2.24, 2.45) is 11.8 Å². The van der Waals surface area contributed by atoms with Crippen molar-refractivity contribution in [3.8, 4) is 5.75 Å². The second kappa shape index (κ2) is 6.37. The third-order valence-corrected chi connectivity index (χ3v) is 3.48. The third kappa shape index (κ3) is 3.69.